The van der Waals surface area contributed by atoms with Crippen molar-refractivity contribution in [2.24, 2.45) is 5.73 Å². The summed E-state index contributed by atoms with van der Waals surface area (Å²) in [5, 5.41) is 6.25. The standard InChI is InChI=1S/C25H30N6O2/c1-2-19-20-15-16(3-8-22(20)29-24(32)23(19)26)21-9-10-27-25(30-21)28-17-4-6-18(7-5-17)31-11-13-33-14-12-31/h3-6,8-10,15,18-19,23H,2,7,11-14,26H2,1H3,(H,29,32)(H,27,28,30)/t18?,19-,23+/m0/s1. The smallest absolute Gasteiger partial charge is 0.241 e. The van der Waals surface area contributed by atoms with Crippen LogP contribution in [0.25, 0.3) is 11.3 Å². The fourth-order valence-electron chi connectivity index (χ4n) is 4.80. The number of hydrogen-bond donors (Lipinski definition) is 3. The average molecular weight is 447 g/mol. The van der Waals surface area contributed by atoms with Crippen LogP contribution in [0.5, 0.6) is 0 Å². The first-order valence-corrected chi connectivity index (χ1v) is 11.6. The molecule has 0 spiro atoms. The highest BCUT2D eigenvalue weighted by Gasteiger charge is 2.32. The van der Waals surface area contributed by atoms with Crippen LogP contribution < -0.4 is 16.4 Å². The molecule has 4 N–H and O–H groups in total. The number of ether oxygens (including phenoxy) is 1. The van der Waals surface area contributed by atoms with Gasteiger partial charge in [0.25, 0.3) is 0 Å². The molecule has 2 aromatic rings. The predicted octanol–water partition coefficient (Wildman–Crippen LogP) is 2.87. The van der Waals surface area contributed by atoms with Gasteiger partial charge in [-0.2, -0.15) is 0 Å². The maximum absolute atomic E-state index is 12.1. The summed E-state index contributed by atoms with van der Waals surface area (Å²) < 4.78 is 5.46. The molecule has 172 valence electrons. The summed E-state index contributed by atoms with van der Waals surface area (Å²) in [4.78, 5) is 23.7. The quantitative estimate of drug-likeness (QED) is 0.649. The van der Waals surface area contributed by atoms with Gasteiger partial charge in [-0.25, -0.2) is 9.97 Å². The number of carbonyl (C=O) groups excluding carboxylic acids is 1. The van der Waals surface area contributed by atoms with Crippen LogP contribution in [0, 0.1) is 0 Å². The van der Waals surface area contributed by atoms with Crippen LogP contribution in [0.1, 0.15) is 31.2 Å². The van der Waals surface area contributed by atoms with Gasteiger partial charge >= 0.3 is 0 Å². The molecule has 5 rings (SSSR count). The number of aromatic nitrogens is 2. The van der Waals surface area contributed by atoms with Crippen LogP contribution in [-0.2, 0) is 9.53 Å². The van der Waals surface area contributed by atoms with E-state index in [0.717, 1.165) is 67.4 Å². The van der Waals surface area contributed by atoms with Gasteiger partial charge in [-0.05, 0) is 42.7 Å². The fourth-order valence-corrected chi connectivity index (χ4v) is 4.80. The molecule has 33 heavy (non-hydrogen) atoms. The lowest BCUT2D eigenvalue weighted by Gasteiger charge is -2.33. The van der Waals surface area contributed by atoms with Crippen LogP contribution in [0.3, 0.4) is 0 Å². The van der Waals surface area contributed by atoms with E-state index in [-0.39, 0.29) is 11.8 Å². The van der Waals surface area contributed by atoms with Crippen molar-refractivity contribution in [1.82, 2.24) is 14.9 Å². The van der Waals surface area contributed by atoms with Gasteiger partial charge in [0.05, 0.1) is 24.9 Å². The monoisotopic (exact) mass is 446 g/mol. The van der Waals surface area contributed by atoms with Crippen LogP contribution in [-0.4, -0.2) is 59.2 Å². The molecule has 0 bridgehead atoms. The second kappa shape index (κ2) is 9.43. The molecular weight excluding hydrogens is 416 g/mol. The molecule has 3 atom stereocenters. The van der Waals surface area contributed by atoms with Crippen LogP contribution >= 0.6 is 0 Å². The third kappa shape index (κ3) is 4.55. The lowest BCUT2D eigenvalue weighted by atomic mass is 9.84. The largest absolute Gasteiger partial charge is 0.379 e. The van der Waals surface area contributed by atoms with Gasteiger partial charge in [0.15, 0.2) is 0 Å². The summed E-state index contributed by atoms with van der Waals surface area (Å²) in [5.41, 5.74) is 10.8. The number of nitrogens with zero attached hydrogens (tertiary/aromatic N) is 3. The van der Waals surface area contributed by atoms with E-state index in [9.17, 15) is 4.79 Å². The minimum absolute atomic E-state index is 0.00919. The topological polar surface area (TPSA) is 105 Å². The van der Waals surface area contributed by atoms with E-state index in [1.165, 1.54) is 0 Å². The second-order valence-corrected chi connectivity index (χ2v) is 8.69. The fraction of sp³-hybridized carbons (Fsp3) is 0.400. The zero-order valence-electron chi connectivity index (χ0n) is 18.8. The van der Waals surface area contributed by atoms with Crippen LogP contribution in [0.15, 0.2) is 54.4 Å². The number of hydrogen-bond acceptors (Lipinski definition) is 7. The van der Waals surface area contributed by atoms with Crippen molar-refractivity contribution in [2.75, 3.05) is 36.9 Å². The molecule has 1 fully saturated rings. The second-order valence-electron chi connectivity index (χ2n) is 8.69. The molecule has 1 saturated heterocycles. The van der Waals surface area contributed by atoms with E-state index in [1.807, 2.05) is 18.2 Å². The number of benzene rings is 1. The molecular formula is C25H30N6O2. The van der Waals surface area contributed by atoms with Crippen molar-refractivity contribution < 1.29 is 9.53 Å². The zero-order chi connectivity index (χ0) is 22.8. The molecule has 1 aliphatic carbocycles. The maximum Gasteiger partial charge on any atom is 0.241 e. The molecule has 3 heterocycles. The normalized spacial score (nSPS) is 25.2. The summed E-state index contributed by atoms with van der Waals surface area (Å²) in [7, 11) is 0. The molecule has 1 aromatic heterocycles. The van der Waals surface area contributed by atoms with E-state index >= 15 is 0 Å². The Labute approximate surface area is 193 Å². The Morgan fingerprint density at radius 2 is 2.12 bits per heavy atom. The number of anilines is 2. The van der Waals surface area contributed by atoms with E-state index in [0.29, 0.717) is 12.0 Å². The van der Waals surface area contributed by atoms with Crippen molar-refractivity contribution in [3.05, 3.63) is 60.0 Å². The summed E-state index contributed by atoms with van der Waals surface area (Å²) in [6, 6.07) is 7.77. The number of carbonyl (C=O) groups is 1. The highest BCUT2D eigenvalue weighted by molar-refractivity contribution is 5.99. The van der Waals surface area contributed by atoms with Crippen molar-refractivity contribution in [1.29, 1.82) is 0 Å². The van der Waals surface area contributed by atoms with Gasteiger partial charge in [-0.15, -0.1) is 0 Å². The Morgan fingerprint density at radius 1 is 1.27 bits per heavy atom. The van der Waals surface area contributed by atoms with E-state index in [1.54, 1.807) is 6.20 Å². The lowest BCUT2D eigenvalue weighted by Crippen LogP contribution is -2.44. The number of nitrogens with one attached hydrogen (secondary N) is 2. The van der Waals surface area contributed by atoms with Gasteiger partial charge in [0.2, 0.25) is 11.9 Å². The number of fused-ring (bicyclic) bond motifs is 1. The van der Waals surface area contributed by atoms with Crippen molar-refractivity contribution in [3.8, 4) is 11.3 Å². The number of nitrogens with two attached hydrogens (primary N) is 1. The van der Waals surface area contributed by atoms with Gasteiger partial charge in [-0.3, -0.25) is 9.69 Å². The van der Waals surface area contributed by atoms with Crippen molar-refractivity contribution in [3.63, 3.8) is 0 Å². The number of allylic oxidation sites excluding steroid dienone is 1. The third-order valence-corrected chi connectivity index (χ3v) is 6.68. The Bertz CT molecular complexity index is 1090. The molecule has 3 aliphatic rings. The Kier molecular flexibility index (Phi) is 6.22. The highest BCUT2D eigenvalue weighted by Crippen LogP contribution is 2.36. The maximum atomic E-state index is 12.1. The van der Waals surface area contributed by atoms with Crippen LogP contribution in [0.2, 0.25) is 0 Å². The molecule has 8 heteroatoms. The first-order valence-electron chi connectivity index (χ1n) is 11.6. The molecule has 8 nitrogen and oxygen atoms in total. The Morgan fingerprint density at radius 3 is 2.88 bits per heavy atom. The molecule has 1 aromatic carbocycles. The molecule has 0 radical (unpaired) electrons. The first kappa shape index (κ1) is 21.8. The average Bonchev–Trinajstić information content (AvgIpc) is 2.86. The van der Waals surface area contributed by atoms with Gasteiger partial charge in [0.1, 0.15) is 0 Å². The number of rotatable bonds is 5. The van der Waals surface area contributed by atoms with E-state index in [2.05, 4.69) is 51.7 Å². The minimum Gasteiger partial charge on any atom is -0.379 e. The number of morpholine rings is 1. The zero-order valence-corrected chi connectivity index (χ0v) is 18.8. The first-order chi connectivity index (χ1) is 16.1. The molecule has 1 unspecified atom stereocenters. The lowest BCUT2D eigenvalue weighted by molar-refractivity contribution is -0.118. The van der Waals surface area contributed by atoms with Gasteiger partial charge < -0.3 is 21.1 Å². The summed E-state index contributed by atoms with van der Waals surface area (Å²) >= 11 is 0. The van der Waals surface area contributed by atoms with Crippen LogP contribution in [0.4, 0.5) is 11.6 Å². The van der Waals surface area contributed by atoms with Crippen molar-refractivity contribution >= 4 is 17.5 Å². The van der Waals surface area contributed by atoms with Gasteiger partial charge in [0, 0.05) is 48.2 Å². The molecule has 0 saturated carbocycles. The highest BCUT2D eigenvalue weighted by atomic mass is 16.5. The predicted molar refractivity (Wildman–Crippen MR) is 129 cm³/mol. The third-order valence-electron chi connectivity index (χ3n) is 6.68. The van der Waals surface area contributed by atoms with Gasteiger partial charge in [-0.1, -0.05) is 25.1 Å². The minimum atomic E-state index is -0.535. The summed E-state index contributed by atoms with van der Waals surface area (Å²) in [6.07, 6.45) is 10.1. The van der Waals surface area contributed by atoms with E-state index < -0.39 is 6.04 Å². The molecule has 1 amide bonds. The summed E-state index contributed by atoms with van der Waals surface area (Å²) in [6.45, 7) is 5.62. The molecule has 2 aliphatic heterocycles. The SMILES string of the molecule is CC[C@H]1c2cc(-c3ccnc(NC4=CCC(N5CCOCC5)C=C4)n3)ccc2NC(=O)[C@@H]1N. The van der Waals surface area contributed by atoms with E-state index in [4.69, 9.17) is 15.5 Å². The van der Waals surface area contributed by atoms with Crippen molar-refractivity contribution in [2.45, 2.75) is 37.8 Å². The Hall–Kier alpha value is -3.07. The number of amides is 1. The summed E-state index contributed by atoms with van der Waals surface area (Å²) in [5.74, 6) is 0.424. The Balaban J connectivity index is 1.31.